The lowest BCUT2D eigenvalue weighted by Gasteiger charge is -2.32. The molecular weight excluding hydrogens is 568 g/mol. The van der Waals surface area contributed by atoms with E-state index in [1.807, 2.05) is 74.5 Å². The first-order chi connectivity index (χ1) is 21.6. The molecular formula is C36H48N4O5. The Hall–Kier alpha value is -3.95. The fraction of sp³-hybridized carbons (Fsp3) is 0.472. The number of aliphatic hydroxyl groups is 1. The molecule has 2 aromatic rings. The standard InChI is InChI=1S/C36H48N4O5/c1-5-12-29-30(35(43)38-25(4)27-15-10-7-11-16-27)21-40(23-34(42)45-24(2)3)22-31(29)36(44)39-32(19-26-13-8-6-9-14-26)33(41)20-37-28-17-18-28/h6-11,13-16,21-22,24-25,28-29,32-33,37,41H,5,12,17-20,23H2,1-4H3,(H,38,43)(H,39,44)/t25?,29?,32-,33+/m0/s1. The Morgan fingerprint density at radius 1 is 0.911 bits per heavy atom. The van der Waals surface area contributed by atoms with Crippen molar-refractivity contribution in [1.29, 1.82) is 0 Å². The molecule has 2 amide bonds. The molecule has 4 atom stereocenters. The van der Waals surface area contributed by atoms with Crippen LogP contribution >= 0.6 is 0 Å². The fourth-order valence-electron chi connectivity index (χ4n) is 5.54. The highest BCUT2D eigenvalue weighted by molar-refractivity contribution is 6.01. The van der Waals surface area contributed by atoms with E-state index in [0.717, 1.165) is 30.4 Å². The Bertz CT molecular complexity index is 1340. The molecule has 1 aliphatic carbocycles. The van der Waals surface area contributed by atoms with Crippen molar-refractivity contribution in [2.75, 3.05) is 13.1 Å². The smallest absolute Gasteiger partial charge is 0.326 e. The SMILES string of the molecule is CCCC1C(C(=O)NC(C)c2ccccc2)=CN(CC(=O)OC(C)C)C=C1C(=O)N[C@@H](Cc1ccccc1)[C@H](O)CNC1CC1. The summed E-state index contributed by atoms with van der Waals surface area (Å²) in [5, 5.41) is 20.8. The van der Waals surface area contributed by atoms with Gasteiger partial charge in [-0.1, -0.05) is 74.0 Å². The Morgan fingerprint density at radius 3 is 2.09 bits per heavy atom. The molecule has 0 radical (unpaired) electrons. The lowest BCUT2D eigenvalue weighted by molar-refractivity contribution is -0.147. The van der Waals surface area contributed by atoms with Gasteiger partial charge in [-0.25, -0.2) is 0 Å². The molecule has 0 aromatic heterocycles. The zero-order valence-corrected chi connectivity index (χ0v) is 26.9. The maximum absolute atomic E-state index is 14.1. The summed E-state index contributed by atoms with van der Waals surface area (Å²) in [6, 6.07) is 19.0. The molecule has 242 valence electrons. The normalized spacial score (nSPS) is 18.4. The summed E-state index contributed by atoms with van der Waals surface area (Å²) in [5.41, 5.74) is 2.72. The maximum Gasteiger partial charge on any atom is 0.326 e. The number of rotatable bonds is 16. The van der Waals surface area contributed by atoms with Crippen molar-refractivity contribution in [2.24, 2.45) is 5.92 Å². The van der Waals surface area contributed by atoms with E-state index in [9.17, 15) is 19.5 Å². The van der Waals surface area contributed by atoms with Crippen LogP contribution in [0.3, 0.4) is 0 Å². The molecule has 2 aromatic carbocycles. The number of aliphatic hydroxyl groups excluding tert-OH is 1. The number of carbonyl (C=O) groups is 3. The quantitative estimate of drug-likeness (QED) is 0.209. The molecule has 45 heavy (non-hydrogen) atoms. The van der Waals surface area contributed by atoms with E-state index in [-0.39, 0.29) is 30.5 Å². The van der Waals surface area contributed by atoms with Gasteiger partial charge in [0, 0.05) is 42.1 Å². The second kappa shape index (κ2) is 16.4. The predicted molar refractivity (Wildman–Crippen MR) is 175 cm³/mol. The van der Waals surface area contributed by atoms with Gasteiger partial charge in [-0.2, -0.15) is 0 Å². The van der Waals surface area contributed by atoms with Crippen LogP contribution < -0.4 is 16.0 Å². The van der Waals surface area contributed by atoms with Gasteiger partial charge in [-0.3, -0.25) is 14.4 Å². The van der Waals surface area contributed by atoms with Crippen LogP contribution in [0.1, 0.15) is 70.5 Å². The Labute approximate surface area is 267 Å². The second-order valence-corrected chi connectivity index (χ2v) is 12.3. The molecule has 0 saturated heterocycles. The Kier molecular flexibility index (Phi) is 12.4. The Balaban J connectivity index is 1.61. The second-order valence-electron chi connectivity index (χ2n) is 12.3. The minimum absolute atomic E-state index is 0.153. The molecule has 0 bridgehead atoms. The highest BCUT2D eigenvalue weighted by Gasteiger charge is 2.35. The van der Waals surface area contributed by atoms with Gasteiger partial charge in [0.25, 0.3) is 0 Å². The van der Waals surface area contributed by atoms with Gasteiger partial charge in [0.15, 0.2) is 0 Å². The highest BCUT2D eigenvalue weighted by Crippen LogP contribution is 2.32. The molecule has 1 saturated carbocycles. The van der Waals surface area contributed by atoms with Crippen LogP contribution in [0.2, 0.25) is 0 Å². The number of nitrogens with one attached hydrogen (secondary N) is 3. The molecule has 1 heterocycles. The molecule has 9 nitrogen and oxygen atoms in total. The van der Waals surface area contributed by atoms with Crippen LogP contribution in [0.15, 0.2) is 84.2 Å². The third kappa shape index (κ3) is 10.3. The van der Waals surface area contributed by atoms with Gasteiger partial charge >= 0.3 is 5.97 Å². The summed E-state index contributed by atoms with van der Waals surface area (Å²) in [6.07, 6.45) is 6.06. The maximum atomic E-state index is 14.1. The number of nitrogens with zero attached hydrogens (tertiary/aromatic N) is 1. The monoisotopic (exact) mass is 616 g/mol. The van der Waals surface area contributed by atoms with Gasteiger partial charge in [0.1, 0.15) is 6.54 Å². The Morgan fingerprint density at radius 2 is 1.51 bits per heavy atom. The minimum atomic E-state index is -0.828. The van der Waals surface area contributed by atoms with Crippen molar-refractivity contribution in [3.63, 3.8) is 0 Å². The third-order valence-electron chi connectivity index (χ3n) is 8.06. The van der Waals surface area contributed by atoms with E-state index < -0.39 is 24.0 Å². The topological polar surface area (TPSA) is 120 Å². The van der Waals surface area contributed by atoms with E-state index in [1.165, 1.54) is 0 Å². The van der Waals surface area contributed by atoms with E-state index in [0.29, 0.717) is 36.6 Å². The first kappa shape index (κ1) is 33.9. The van der Waals surface area contributed by atoms with E-state index in [4.69, 9.17) is 4.74 Å². The number of esters is 1. The summed E-state index contributed by atoms with van der Waals surface area (Å²) in [4.78, 5) is 42.2. The van der Waals surface area contributed by atoms with Crippen molar-refractivity contribution in [3.8, 4) is 0 Å². The van der Waals surface area contributed by atoms with Gasteiger partial charge in [-0.15, -0.1) is 0 Å². The zero-order chi connectivity index (χ0) is 32.3. The van der Waals surface area contributed by atoms with E-state index in [1.54, 1.807) is 31.1 Å². The third-order valence-corrected chi connectivity index (χ3v) is 8.06. The van der Waals surface area contributed by atoms with Crippen LogP contribution in [0, 0.1) is 5.92 Å². The number of hydrogen-bond donors (Lipinski definition) is 4. The number of benzene rings is 2. The summed E-state index contributed by atoms with van der Waals surface area (Å²) >= 11 is 0. The number of amides is 2. The van der Waals surface area contributed by atoms with Gasteiger partial charge < -0.3 is 30.7 Å². The molecule has 0 spiro atoms. The van der Waals surface area contributed by atoms with Gasteiger partial charge in [0.05, 0.1) is 24.3 Å². The van der Waals surface area contributed by atoms with Gasteiger partial charge in [0.2, 0.25) is 11.8 Å². The summed E-state index contributed by atoms with van der Waals surface area (Å²) in [5.74, 6) is -1.65. The molecule has 9 heteroatoms. The van der Waals surface area contributed by atoms with Crippen LogP contribution in [-0.4, -0.2) is 65.2 Å². The first-order valence-electron chi connectivity index (χ1n) is 16.1. The molecule has 4 N–H and O–H groups in total. The van der Waals surface area contributed by atoms with E-state index in [2.05, 4.69) is 16.0 Å². The number of hydrogen-bond acceptors (Lipinski definition) is 7. The van der Waals surface area contributed by atoms with Crippen molar-refractivity contribution < 1.29 is 24.2 Å². The highest BCUT2D eigenvalue weighted by atomic mass is 16.5. The number of carbonyl (C=O) groups excluding carboxylic acids is 3. The average molecular weight is 617 g/mol. The molecule has 1 aliphatic heterocycles. The van der Waals surface area contributed by atoms with Crippen molar-refractivity contribution in [1.82, 2.24) is 20.9 Å². The molecule has 1 fully saturated rings. The molecule has 2 unspecified atom stereocenters. The van der Waals surface area contributed by atoms with Crippen molar-refractivity contribution >= 4 is 17.8 Å². The predicted octanol–water partition coefficient (Wildman–Crippen LogP) is 4.16. The van der Waals surface area contributed by atoms with Crippen LogP contribution in [0.25, 0.3) is 0 Å². The van der Waals surface area contributed by atoms with Crippen molar-refractivity contribution in [3.05, 3.63) is 95.3 Å². The average Bonchev–Trinajstić information content (AvgIpc) is 3.85. The molecule has 4 rings (SSSR count). The van der Waals surface area contributed by atoms with Crippen LogP contribution in [0.5, 0.6) is 0 Å². The minimum Gasteiger partial charge on any atom is -0.462 e. The zero-order valence-electron chi connectivity index (χ0n) is 26.9. The van der Waals surface area contributed by atoms with Gasteiger partial charge in [-0.05, 0) is 57.6 Å². The van der Waals surface area contributed by atoms with Crippen molar-refractivity contribution in [2.45, 2.75) is 90.1 Å². The molecule has 2 aliphatic rings. The first-order valence-corrected chi connectivity index (χ1v) is 16.1. The van der Waals surface area contributed by atoms with Crippen LogP contribution in [-0.2, 0) is 25.5 Å². The fourth-order valence-corrected chi connectivity index (χ4v) is 5.54. The van der Waals surface area contributed by atoms with Crippen LogP contribution in [0.4, 0.5) is 0 Å². The van der Waals surface area contributed by atoms with E-state index >= 15 is 0 Å². The lowest BCUT2D eigenvalue weighted by Crippen LogP contribution is -2.50. The number of ether oxygens (including phenoxy) is 1. The summed E-state index contributed by atoms with van der Waals surface area (Å²) < 4.78 is 5.37. The summed E-state index contributed by atoms with van der Waals surface area (Å²) in [6.45, 7) is 7.68. The largest absolute Gasteiger partial charge is 0.462 e. The summed E-state index contributed by atoms with van der Waals surface area (Å²) in [7, 11) is 0. The lowest BCUT2D eigenvalue weighted by atomic mass is 9.84.